The Labute approximate surface area is 265 Å². The Balaban J connectivity index is 1.52. The van der Waals surface area contributed by atoms with Crippen molar-refractivity contribution >= 4 is 64.7 Å². The van der Waals surface area contributed by atoms with E-state index in [9.17, 15) is 16.8 Å². The maximum Gasteiger partial charge on any atom is 0.327 e. The molecular weight excluding hydrogens is 639 g/mol. The topological polar surface area (TPSA) is 190 Å². The minimum Gasteiger partial charge on any atom is -0.324 e. The Bertz CT molecular complexity index is 2940. The molecule has 13 nitrogen and oxygen atoms in total. The fourth-order valence-electron chi connectivity index (χ4n) is 5.99. The molecule has 0 atom stereocenters. The van der Waals surface area contributed by atoms with Crippen LogP contribution in [0.2, 0.25) is 0 Å². The predicted octanol–water partition coefficient (Wildman–Crippen LogP) is 5.62. The van der Waals surface area contributed by atoms with Gasteiger partial charge in [-0.05, 0) is 9.83 Å². The number of fused-ring (bicyclic) bond motifs is 20. The second-order valence-corrected chi connectivity index (χ2v) is 13.1. The van der Waals surface area contributed by atoms with Gasteiger partial charge in [-0.1, -0.05) is 84.9 Å². The van der Waals surface area contributed by atoms with Gasteiger partial charge in [0, 0.05) is 43.8 Å². The lowest BCUT2D eigenvalue weighted by atomic mass is 10.1. The maximum atomic E-state index is 13.2. The van der Waals surface area contributed by atoms with E-state index >= 15 is 0 Å². The van der Waals surface area contributed by atoms with E-state index in [1.165, 1.54) is 12.1 Å². The summed E-state index contributed by atoms with van der Waals surface area (Å²) in [6.07, 6.45) is 0. The van der Waals surface area contributed by atoms with Crippen LogP contribution < -0.4 is 0 Å². The van der Waals surface area contributed by atoms with Crippen LogP contribution in [0.3, 0.4) is 0 Å². The van der Waals surface area contributed by atoms with E-state index in [2.05, 4.69) is 13.7 Å². The van der Waals surface area contributed by atoms with E-state index in [1.807, 2.05) is 72.8 Å². The number of H-pyrrole nitrogens is 2. The van der Waals surface area contributed by atoms with E-state index in [1.54, 1.807) is 6.07 Å². The first kappa shape index (κ1) is 27.1. The Hall–Kier alpha value is -6.19. The van der Waals surface area contributed by atoms with Gasteiger partial charge in [0.15, 0.2) is 23.3 Å². The summed E-state index contributed by atoms with van der Waals surface area (Å²) < 4.78 is 52.2. The molecular formula is C32H17N9O4S2. The van der Waals surface area contributed by atoms with Crippen LogP contribution in [0.25, 0.3) is 89.7 Å². The van der Waals surface area contributed by atoms with Crippen molar-refractivity contribution in [3.8, 4) is 45.6 Å². The lowest BCUT2D eigenvalue weighted by Gasteiger charge is -2.00. The lowest BCUT2D eigenvalue weighted by molar-refractivity contribution is 0.597. The summed E-state index contributed by atoms with van der Waals surface area (Å²) in [6.45, 7) is 0. The molecule has 0 radical (unpaired) electrons. The van der Waals surface area contributed by atoms with Crippen molar-refractivity contribution in [1.29, 1.82) is 0 Å². The largest absolute Gasteiger partial charge is 0.327 e. The highest BCUT2D eigenvalue weighted by Gasteiger charge is 2.25. The molecule has 47 heavy (non-hydrogen) atoms. The number of hydrogen-bond donors (Lipinski definition) is 2. The van der Waals surface area contributed by atoms with Crippen LogP contribution in [0.1, 0.15) is 0 Å². The molecule has 2 aliphatic rings. The average Bonchev–Trinajstić information content (AvgIpc) is 3.80. The molecule has 2 N–H and O–H groups in total. The predicted molar refractivity (Wildman–Crippen MR) is 175 cm³/mol. The standard InChI is InChI=1S/C32H17N9O4S2/c42-46(43)41-47(44,45)23-15-7-14-22-24(23)32-39-30-21-13-6-5-12-20(21)28(37-30)35-26-17-9-2-1-8-16(17)25(33-26)34-27-18-10-3-4-11-19(18)29(36-27)38-31(22)40-32/h1-15H,(H2,33,34,35,36,37,38,39,40). The molecule has 0 saturated heterocycles. The van der Waals surface area contributed by atoms with Crippen molar-refractivity contribution in [1.82, 2.24) is 39.9 Å². The number of aromatic nitrogens is 8. The van der Waals surface area contributed by atoms with Crippen molar-refractivity contribution in [2.24, 2.45) is 3.77 Å². The third kappa shape index (κ3) is 4.24. The monoisotopic (exact) mass is 655 g/mol. The first-order valence-electron chi connectivity index (χ1n) is 14.1. The SMILES string of the molecule is O=S(=O)=NS(=O)(=O)c1cccc2c3nc4nc(nc5[nH]c(nc6nc(nc([nH]3)c12)-c1ccccc1-6)c1ccccc51)-c1ccccc1-4. The number of nitrogens with one attached hydrogen (secondary N) is 2. The van der Waals surface area contributed by atoms with Crippen LogP contribution in [0.4, 0.5) is 0 Å². The van der Waals surface area contributed by atoms with E-state index in [0.717, 1.165) is 16.3 Å². The maximum absolute atomic E-state index is 13.2. The molecule has 5 heterocycles. The molecule has 2 aliphatic heterocycles. The summed E-state index contributed by atoms with van der Waals surface area (Å²) in [5, 5.41) is 2.12. The van der Waals surface area contributed by atoms with Gasteiger partial charge in [-0.25, -0.2) is 29.9 Å². The Morgan fingerprint density at radius 2 is 0.894 bits per heavy atom. The molecule has 0 amide bonds. The molecule has 226 valence electrons. The number of nitrogens with zero attached hydrogens (tertiary/aromatic N) is 7. The van der Waals surface area contributed by atoms with Gasteiger partial charge in [-0.15, -0.1) is 0 Å². The van der Waals surface area contributed by atoms with Crippen LogP contribution in [-0.2, 0) is 20.5 Å². The normalized spacial score (nSPS) is 12.2. The summed E-state index contributed by atoms with van der Waals surface area (Å²) in [4.78, 5) is 35.2. The second kappa shape index (κ2) is 9.90. The third-order valence-corrected chi connectivity index (χ3v) is 10.1. The van der Waals surface area contributed by atoms with Gasteiger partial charge >= 0.3 is 10.5 Å². The quantitative estimate of drug-likeness (QED) is 0.236. The van der Waals surface area contributed by atoms with Crippen LogP contribution >= 0.6 is 0 Å². The van der Waals surface area contributed by atoms with E-state index in [-0.39, 0.29) is 27.4 Å². The number of benzene rings is 4. The van der Waals surface area contributed by atoms with Gasteiger partial charge in [0.1, 0.15) is 27.5 Å². The zero-order valence-electron chi connectivity index (χ0n) is 23.7. The van der Waals surface area contributed by atoms with Crippen molar-refractivity contribution in [3.05, 3.63) is 91.0 Å². The summed E-state index contributed by atoms with van der Waals surface area (Å²) in [5.74, 6) is 1.40. The highest BCUT2D eigenvalue weighted by atomic mass is 32.2. The van der Waals surface area contributed by atoms with Gasteiger partial charge in [0.2, 0.25) is 0 Å². The van der Waals surface area contributed by atoms with Crippen LogP contribution in [-0.4, -0.2) is 56.7 Å². The lowest BCUT2D eigenvalue weighted by Crippen LogP contribution is -1.97. The van der Waals surface area contributed by atoms with Gasteiger partial charge in [0.05, 0.1) is 0 Å². The molecule has 8 bridgehead atoms. The van der Waals surface area contributed by atoms with Crippen LogP contribution in [0, 0.1) is 0 Å². The average molecular weight is 656 g/mol. The number of sulfonamides is 1. The smallest absolute Gasteiger partial charge is 0.324 e. The van der Waals surface area contributed by atoms with Crippen molar-refractivity contribution in [2.45, 2.75) is 4.90 Å². The Kier molecular flexibility index (Phi) is 5.72. The summed E-state index contributed by atoms with van der Waals surface area (Å²) in [6, 6.07) is 27.1. The fraction of sp³-hybridized carbons (Fsp3) is 0. The van der Waals surface area contributed by atoms with Crippen molar-refractivity contribution < 1.29 is 16.8 Å². The van der Waals surface area contributed by atoms with E-state index < -0.39 is 20.5 Å². The molecule has 0 aliphatic carbocycles. The zero-order chi connectivity index (χ0) is 31.9. The fourth-order valence-corrected chi connectivity index (χ4v) is 7.67. The van der Waals surface area contributed by atoms with Gasteiger partial charge in [0.25, 0.3) is 10.0 Å². The van der Waals surface area contributed by atoms with Crippen molar-refractivity contribution in [3.63, 3.8) is 0 Å². The Morgan fingerprint density at radius 1 is 0.489 bits per heavy atom. The molecule has 7 aromatic rings. The second-order valence-electron chi connectivity index (χ2n) is 10.7. The van der Waals surface area contributed by atoms with E-state index in [0.29, 0.717) is 50.8 Å². The third-order valence-electron chi connectivity index (χ3n) is 7.98. The van der Waals surface area contributed by atoms with E-state index in [4.69, 9.17) is 29.9 Å². The Morgan fingerprint density at radius 3 is 1.38 bits per heavy atom. The summed E-state index contributed by atoms with van der Waals surface area (Å²) >= 11 is 0. The van der Waals surface area contributed by atoms with Gasteiger partial charge in [-0.2, -0.15) is 16.8 Å². The zero-order valence-corrected chi connectivity index (χ0v) is 25.4. The first-order chi connectivity index (χ1) is 22.8. The summed E-state index contributed by atoms with van der Waals surface area (Å²) in [7, 11) is -7.88. The molecule has 3 aromatic heterocycles. The molecule has 0 fully saturated rings. The minimum absolute atomic E-state index is 0.0834. The van der Waals surface area contributed by atoms with Gasteiger partial charge in [-0.3, -0.25) is 0 Å². The highest BCUT2D eigenvalue weighted by Crippen LogP contribution is 2.37. The van der Waals surface area contributed by atoms with Crippen LogP contribution in [0.5, 0.6) is 0 Å². The number of rotatable bonds is 2. The van der Waals surface area contributed by atoms with Crippen LogP contribution in [0.15, 0.2) is 99.7 Å². The number of aromatic amines is 2. The summed E-state index contributed by atoms with van der Waals surface area (Å²) in [5.41, 5.74) is 4.27. The highest BCUT2D eigenvalue weighted by molar-refractivity contribution is 7.94. The number of hydrogen-bond acceptors (Lipinski definition) is 10. The first-order valence-corrected chi connectivity index (χ1v) is 16.6. The minimum atomic E-state index is -4.66. The molecule has 4 aromatic carbocycles. The molecule has 15 heteroatoms. The molecule has 0 saturated carbocycles. The van der Waals surface area contributed by atoms with Crippen molar-refractivity contribution in [2.75, 3.05) is 0 Å². The molecule has 9 rings (SSSR count). The molecule has 0 spiro atoms. The van der Waals surface area contributed by atoms with Gasteiger partial charge < -0.3 is 9.97 Å². The molecule has 0 unspecified atom stereocenters.